The van der Waals surface area contributed by atoms with Crippen LogP contribution >= 0.6 is 0 Å². The summed E-state index contributed by atoms with van der Waals surface area (Å²) < 4.78 is 11.0. The third-order valence-electron chi connectivity index (χ3n) is 3.62. The van der Waals surface area contributed by atoms with Crippen LogP contribution in [0.25, 0.3) is 0 Å². The number of rotatable bonds is 12. The third-order valence-corrected chi connectivity index (χ3v) is 3.62. The molecule has 0 radical (unpaired) electrons. The first-order valence-corrected chi connectivity index (χ1v) is 8.03. The van der Waals surface area contributed by atoms with Crippen molar-refractivity contribution in [3.63, 3.8) is 0 Å². The van der Waals surface area contributed by atoms with E-state index in [0.29, 0.717) is 0 Å². The van der Waals surface area contributed by atoms with E-state index in [9.17, 15) is 0 Å². The van der Waals surface area contributed by atoms with Crippen molar-refractivity contribution in [3.8, 4) is 6.07 Å². The van der Waals surface area contributed by atoms with Gasteiger partial charge in [0, 0.05) is 26.1 Å². The van der Waals surface area contributed by atoms with Gasteiger partial charge in [0.1, 0.15) is 0 Å². The summed E-state index contributed by atoms with van der Waals surface area (Å²) >= 11 is 0. The van der Waals surface area contributed by atoms with Gasteiger partial charge in [-0.05, 0) is 19.3 Å². The highest BCUT2D eigenvalue weighted by molar-refractivity contribution is 4.67. The molecule has 0 N–H and O–H groups in total. The molecule has 1 aliphatic heterocycles. The highest BCUT2D eigenvalue weighted by Crippen LogP contribution is 2.14. The molecule has 0 amide bonds. The smallest absolute Gasteiger partial charge is 0.157 e. The number of unbranched alkanes of at least 4 members (excludes halogenated alkanes) is 9. The minimum absolute atomic E-state index is 0.0911. The molecular weight excluding hydrogens is 238 g/mol. The number of nitriles is 1. The average molecular weight is 267 g/mol. The quantitative estimate of drug-likeness (QED) is 0.487. The van der Waals surface area contributed by atoms with Gasteiger partial charge in [0.15, 0.2) is 6.29 Å². The van der Waals surface area contributed by atoms with Crippen molar-refractivity contribution in [2.24, 2.45) is 0 Å². The zero-order valence-corrected chi connectivity index (χ0v) is 12.2. The highest BCUT2D eigenvalue weighted by Gasteiger charge is 2.14. The molecule has 1 saturated heterocycles. The van der Waals surface area contributed by atoms with E-state index < -0.39 is 0 Å². The van der Waals surface area contributed by atoms with Crippen LogP contribution in [-0.4, -0.2) is 19.5 Å². The maximum absolute atomic E-state index is 8.41. The normalized spacial score (nSPS) is 18.6. The summed E-state index contributed by atoms with van der Waals surface area (Å²) in [6.07, 6.45) is 14.4. The minimum atomic E-state index is 0.0911. The third kappa shape index (κ3) is 9.92. The van der Waals surface area contributed by atoms with E-state index in [0.717, 1.165) is 38.9 Å². The molecule has 0 bridgehead atoms. The molecule has 0 saturated carbocycles. The first-order chi connectivity index (χ1) is 9.43. The van der Waals surface area contributed by atoms with Crippen molar-refractivity contribution in [2.45, 2.75) is 83.3 Å². The van der Waals surface area contributed by atoms with Gasteiger partial charge in [-0.2, -0.15) is 5.26 Å². The lowest BCUT2D eigenvalue weighted by molar-refractivity contribution is -0.111. The second-order valence-corrected chi connectivity index (χ2v) is 5.40. The van der Waals surface area contributed by atoms with Crippen LogP contribution in [0, 0.1) is 11.3 Å². The molecule has 0 spiro atoms. The molecule has 1 rings (SSSR count). The van der Waals surface area contributed by atoms with E-state index >= 15 is 0 Å². The van der Waals surface area contributed by atoms with Gasteiger partial charge in [-0.1, -0.05) is 44.9 Å². The zero-order valence-electron chi connectivity index (χ0n) is 12.2. The fourth-order valence-electron chi connectivity index (χ4n) is 2.44. The largest absolute Gasteiger partial charge is 0.353 e. The average Bonchev–Trinajstić information content (AvgIpc) is 2.93. The van der Waals surface area contributed by atoms with Crippen molar-refractivity contribution < 1.29 is 9.47 Å². The zero-order chi connectivity index (χ0) is 13.6. The first-order valence-electron chi connectivity index (χ1n) is 8.03. The summed E-state index contributed by atoms with van der Waals surface area (Å²) in [5.41, 5.74) is 0. The summed E-state index contributed by atoms with van der Waals surface area (Å²) in [5, 5.41) is 8.41. The minimum Gasteiger partial charge on any atom is -0.353 e. The Morgan fingerprint density at radius 1 is 0.947 bits per heavy atom. The molecule has 0 aromatic rings. The molecule has 1 atom stereocenters. The van der Waals surface area contributed by atoms with Crippen LogP contribution in [0.1, 0.15) is 77.0 Å². The van der Waals surface area contributed by atoms with E-state index in [-0.39, 0.29) is 6.29 Å². The van der Waals surface area contributed by atoms with Gasteiger partial charge < -0.3 is 9.47 Å². The van der Waals surface area contributed by atoms with Crippen molar-refractivity contribution in [3.05, 3.63) is 0 Å². The monoisotopic (exact) mass is 267 g/mol. The van der Waals surface area contributed by atoms with Crippen molar-refractivity contribution in [2.75, 3.05) is 13.2 Å². The number of ether oxygens (including phenoxy) is 2. The fourth-order valence-corrected chi connectivity index (χ4v) is 2.44. The van der Waals surface area contributed by atoms with Crippen molar-refractivity contribution in [1.82, 2.24) is 0 Å². The molecule has 3 heteroatoms. The molecule has 1 heterocycles. The molecule has 19 heavy (non-hydrogen) atoms. The summed E-state index contributed by atoms with van der Waals surface area (Å²) in [4.78, 5) is 0. The van der Waals surface area contributed by atoms with Crippen LogP contribution in [0.15, 0.2) is 0 Å². The Hall–Kier alpha value is -0.590. The van der Waals surface area contributed by atoms with Crippen LogP contribution in [0.2, 0.25) is 0 Å². The molecule has 1 aliphatic rings. The lowest BCUT2D eigenvalue weighted by Gasteiger charge is -2.10. The number of hydrogen-bond acceptors (Lipinski definition) is 3. The molecule has 110 valence electrons. The summed E-state index contributed by atoms with van der Waals surface area (Å²) in [5.74, 6) is 0. The second-order valence-electron chi connectivity index (χ2n) is 5.40. The van der Waals surface area contributed by atoms with Gasteiger partial charge in [-0.3, -0.25) is 0 Å². The molecular formula is C16H29NO2. The summed E-state index contributed by atoms with van der Waals surface area (Å²) in [6, 6.07) is 2.20. The topological polar surface area (TPSA) is 42.2 Å². The Balaban J connectivity index is 1.68. The van der Waals surface area contributed by atoms with Gasteiger partial charge in [0.25, 0.3) is 0 Å². The molecule has 0 aromatic carbocycles. The first kappa shape index (κ1) is 16.5. The van der Waals surface area contributed by atoms with E-state index in [2.05, 4.69) is 6.07 Å². The fraction of sp³-hybridized carbons (Fsp3) is 0.938. The predicted molar refractivity (Wildman–Crippen MR) is 76.7 cm³/mol. The lowest BCUT2D eigenvalue weighted by Crippen LogP contribution is -2.11. The van der Waals surface area contributed by atoms with Crippen LogP contribution in [0.3, 0.4) is 0 Å². The van der Waals surface area contributed by atoms with Crippen molar-refractivity contribution >= 4 is 0 Å². The maximum Gasteiger partial charge on any atom is 0.157 e. The SMILES string of the molecule is N#CCCCCCCCCCCCOC1CCCO1. The second kappa shape index (κ2) is 12.4. The lowest BCUT2D eigenvalue weighted by atomic mass is 10.1. The Morgan fingerprint density at radius 2 is 1.58 bits per heavy atom. The molecule has 1 unspecified atom stereocenters. The van der Waals surface area contributed by atoms with Gasteiger partial charge >= 0.3 is 0 Å². The van der Waals surface area contributed by atoms with Gasteiger partial charge in [0.05, 0.1) is 6.07 Å². The van der Waals surface area contributed by atoms with Gasteiger partial charge in [-0.15, -0.1) is 0 Å². The van der Waals surface area contributed by atoms with Crippen LogP contribution < -0.4 is 0 Å². The predicted octanol–water partition coefficient (Wildman–Crippen LogP) is 4.56. The molecule has 1 fully saturated rings. The number of hydrogen-bond donors (Lipinski definition) is 0. The Morgan fingerprint density at radius 3 is 2.16 bits per heavy atom. The summed E-state index contributed by atoms with van der Waals surface area (Å²) in [6.45, 7) is 1.73. The van der Waals surface area contributed by atoms with E-state index in [1.807, 2.05) is 0 Å². The standard InChI is InChI=1S/C16H29NO2/c17-13-9-7-5-3-1-2-4-6-8-10-14-18-16-12-11-15-19-16/h16H,1-12,14-15H2. The van der Waals surface area contributed by atoms with Crippen molar-refractivity contribution in [1.29, 1.82) is 5.26 Å². The summed E-state index contributed by atoms with van der Waals surface area (Å²) in [7, 11) is 0. The highest BCUT2D eigenvalue weighted by atomic mass is 16.7. The van der Waals surface area contributed by atoms with E-state index in [1.54, 1.807) is 0 Å². The Kier molecular flexibility index (Phi) is 10.8. The van der Waals surface area contributed by atoms with Crippen LogP contribution in [0.4, 0.5) is 0 Å². The molecule has 3 nitrogen and oxygen atoms in total. The molecule has 0 aromatic heterocycles. The van der Waals surface area contributed by atoms with Crippen LogP contribution in [-0.2, 0) is 9.47 Å². The molecule has 0 aliphatic carbocycles. The Labute approximate surface area is 118 Å². The van der Waals surface area contributed by atoms with E-state index in [4.69, 9.17) is 14.7 Å². The maximum atomic E-state index is 8.41. The van der Waals surface area contributed by atoms with Crippen LogP contribution in [0.5, 0.6) is 0 Å². The van der Waals surface area contributed by atoms with Gasteiger partial charge in [0.2, 0.25) is 0 Å². The number of nitrogens with zero attached hydrogens (tertiary/aromatic N) is 1. The Bertz CT molecular complexity index is 231. The van der Waals surface area contributed by atoms with Gasteiger partial charge in [-0.25, -0.2) is 0 Å². The van der Waals surface area contributed by atoms with E-state index in [1.165, 1.54) is 51.4 Å².